The fraction of sp³-hybridized carbons (Fsp3) is 0.462. The third kappa shape index (κ3) is 3.30. The number of hydrogen-bond donors (Lipinski definition) is 0. The highest BCUT2D eigenvalue weighted by molar-refractivity contribution is 5.45. The first-order valence-electron chi connectivity index (χ1n) is 5.26. The van der Waals surface area contributed by atoms with Gasteiger partial charge in [0.2, 0.25) is 0 Å². The van der Waals surface area contributed by atoms with Crippen LogP contribution in [0.3, 0.4) is 0 Å². The molecule has 0 amide bonds. The standard InChI is InChI=1S/C11H11F2N.C2H6/c1-7-4-10(11(3,12)13)5-9(6-14)8(7)2;1-2/h4-5H,1-3H3;1-2H3. The number of hydrogen-bond acceptors (Lipinski definition) is 1. The SMILES string of the molecule is CC.Cc1cc(C(C)(F)F)cc(C#N)c1C. The predicted octanol–water partition coefficient (Wildman–Crippen LogP) is 4.31. The zero-order chi connectivity index (χ0) is 12.9. The van der Waals surface area contributed by atoms with Crippen molar-refractivity contribution in [1.82, 2.24) is 0 Å². The molecule has 0 radical (unpaired) electrons. The molecule has 0 saturated carbocycles. The quantitative estimate of drug-likeness (QED) is 0.698. The zero-order valence-corrected chi connectivity index (χ0v) is 10.4. The van der Waals surface area contributed by atoms with Crippen molar-refractivity contribution in [3.05, 3.63) is 34.4 Å². The van der Waals surface area contributed by atoms with Crippen molar-refractivity contribution in [2.45, 2.75) is 40.5 Å². The summed E-state index contributed by atoms with van der Waals surface area (Å²) < 4.78 is 25.9. The zero-order valence-electron chi connectivity index (χ0n) is 10.4. The fourth-order valence-corrected chi connectivity index (χ4v) is 1.23. The molecule has 0 N–H and O–H groups in total. The van der Waals surface area contributed by atoms with Gasteiger partial charge < -0.3 is 0 Å². The van der Waals surface area contributed by atoms with E-state index in [1.807, 2.05) is 19.9 Å². The lowest BCUT2D eigenvalue weighted by atomic mass is 9.98. The molecular formula is C13H17F2N. The second-order valence-electron chi connectivity index (χ2n) is 3.47. The number of benzene rings is 1. The van der Waals surface area contributed by atoms with Crippen LogP contribution in [-0.2, 0) is 5.92 Å². The summed E-state index contributed by atoms with van der Waals surface area (Å²) in [6, 6.07) is 4.59. The number of nitrogens with zero attached hydrogens (tertiary/aromatic N) is 1. The number of rotatable bonds is 1. The smallest absolute Gasteiger partial charge is 0.202 e. The highest BCUT2D eigenvalue weighted by atomic mass is 19.3. The van der Waals surface area contributed by atoms with Gasteiger partial charge in [-0.1, -0.05) is 13.8 Å². The van der Waals surface area contributed by atoms with E-state index < -0.39 is 5.92 Å². The van der Waals surface area contributed by atoms with Crippen LogP contribution in [-0.4, -0.2) is 0 Å². The van der Waals surface area contributed by atoms with E-state index in [0.717, 1.165) is 18.1 Å². The van der Waals surface area contributed by atoms with Gasteiger partial charge in [-0.3, -0.25) is 0 Å². The third-order valence-electron chi connectivity index (χ3n) is 2.29. The van der Waals surface area contributed by atoms with Gasteiger partial charge in [0.15, 0.2) is 0 Å². The molecular weight excluding hydrogens is 208 g/mol. The topological polar surface area (TPSA) is 23.8 Å². The number of halogens is 2. The van der Waals surface area contributed by atoms with E-state index >= 15 is 0 Å². The Hall–Kier alpha value is -1.43. The van der Waals surface area contributed by atoms with E-state index in [-0.39, 0.29) is 5.56 Å². The molecule has 0 fully saturated rings. The monoisotopic (exact) mass is 225 g/mol. The number of alkyl halides is 2. The van der Waals surface area contributed by atoms with Crippen LogP contribution in [0.2, 0.25) is 0 Å². The molecule has 0 unspecified atom stereocenters. The molecule has 0 saturated heterocycles. The van der Waals surface area contributed by atoms with Crippen molar-refractivity contribution in [2.75, 3.05) is 0 Å². The first-order chi connectivity index (χ1) is 7.36. The predicted molar refractivity (Wildman–Crippen MR) is 61.5 cm³/mol. The lowest BCUT2D eigenvalue weighted by Crippen LogP contribution is -2.08. The molecule has 0 spiro atoms. The molecule has 0 aromatic heterocycles. The van der Waals surface area contributed by atoms with Crippen LogP contribution < -0.4 is 0 Å². The Bertz CT molecular complexity index is 398. The first-order valence-corrected chi connectivity index (χ1v) is 5.26. The van der Waals surface area contributed by atoms with Crippen LogP contribution in [0.15, 0.2) is 12.1 Å². The molecule has 0 aliphatic carbocycles. The lowest BCUT2D eigenvalue weighted by molar-refractivity contribution is 0.0174. The van der Waals surface area contributed by atoms with Gasteiger partial charge in [-0.15, -0.1) is 0 Å². The van der Waals surface area contributed by atoms with Crippen LogP contribution in [0, 0.1) is 25.2 Å². The second kappa shape index (κ2) is 5.60. The van der Waals surface area contributed by atoms with Crippen molar-refractivity contribution < 1.29 is 8.78 Å². The summed E-state index contributed by atoms with van der Waals surface area (Å²) in [7, 11) is 0. The molecule has 3 heteroatoms. The summed E-state index contributed by atoms with van der Waals surface area (Å²) in [5.74, 6) is -2.88. The van der Waals surface area contributed by atoms with Gasteiger partial charge in [0.25, 0.3) is 5.92 Å². The van der Waals surface area contributed by atoms with Gasteiger partial charge in [-0.2, -0.15) is 5.26 Å². The Morgan fingerprint density at radius 2 is 1.69 bits per heavy atom. The summed E-state index contributed by atoms with van der Waals surface area (Å²) in [6.07, 6.45) is 0. The Kier molecular flexibility index (Phi) is 5.10. The highest BCUT2D eigenvalue weighted by Gasteiger charge is 2.25. The maximum atomic E-state index is 13.0. The van der Waals surface area contributed by atoms with Crippen molar-refractivity contribution in [3.8, 4) is 6.07 Å². The van der Waals surface area contributed by atoms with E-state index in [9.17, 15) is 8.78 Å². The average Bonchev–Trinajstić information content (AvgIpc) is 2.23. The van der Waals surface area contributed by atoms with E-state index in [1.54, 1.807) is 13.8 Å². The van der Waals surface area contributed by atoms with Gasteiger partial charge in [-0.05, 0) is 37.1 Å². The molecule has 0 aliphatic rings. The minimum atomic E-state index is -2.88. The summed E-state index contributed by atoms with van der Waals surface area (Å²) in [5.41, 5.74) is 1.71. The molecule has 0 bridgehead atoms. The van der Waals surface area contributed by atoms with Crippen molar-refractivity contribution in [2.24, 2.45) is 0 Å². The summed E-state index contributed by atoms with van der Waals surface area (Å²) >= 11 is 0. The Labute approximate surface area is 95.7 Å². The summed E-state index contributed by atoms with van der Waals surface area (Å²) in [4.78, 5) is 0. The fourth-order valence-electron chi connectivity index (χ4n) is 1.23. The maximum absolute atomic E-state index is 13.0. The number of nitriles is 1. The second-order valence-corrected chi connectivity index (χ2v) is 3.47. The van der Waals surface area contributed by atoms with E-state index in [4.69, 9.17) is 5.26 Å². The van der Waals surface area contributed by atoms with Crippen molar-refractivity contribution in [3.63, 3.8) is 0 Å². The molecule has 0 aliphatic heterocycles. The first kappa shape index (κ1) is 14.6. The van der Waals surface area contributed by atoms with Crippen LogP contribution in [0.4, 0.5) is 8.78 Å². The van der Waals surface area contributed by atoms with Gasteiger partial charge in [-0.25, -0.2) is 8.78 Å². The highest BCUT2D eigenvalue weighted by Crippen LogP contribution is 2.29. The van der Waals surface area contributed by atoms with Gasteiger partial charge >= 0.3 is 0 Å². The van der Waals surface area contributed by atoms with Crippen LogP contribution in [0.1, 0.15) is 43.0 Å². The normalized spacial score (nSPS) is 10.1. The Morgan fingerprint density at radius 3 is 2.06 bits per heavy atom. The average molecular weight is 225 g/mol. The maximum Gasteiger partial charge on any atom is 0.270 e. The molecule has 16 heavy (non-hydrogen) atoms. The molecule has 1 aromatic rings. The van der Waals surface area contributed by atoms with Crippen LogP contribution >= 0.6 is 0 Å². The molecule has 0 atom stereocenters. The minimum Gasteiger partial charge on any atom is -0.202 e. The Morgan fingerprint density at radius 1 is 1.19 bits per heavy atom. The van der Waals surface area contributed by atoms with Crippen molar-refractivity contribution in [1.29, 1.82) is 5.26 Å². The summed E-state index contributed by atoms with van der Waals surface area (Å²) in [5, 5.41) is 8.74. The van der Waals surface area contributed by atoms with Crippen molar-refractivity contribution >= 4 is 0 Å². The third-order valence-corrected chi connectivity index (χ3v) is 2.29. The minimum absolute atomic E-state index is 0.0999. The number of aryl methyl sites for hydroxylation is 1. The van der Waals surface area contributed by atoms with Crippen LogP contribution in [0.25, 0.3) is 0 Å². The Balaban J connectivity index is 0.00000106. The van der Waals surface area contributed by atoms with E-state index in [1.165, 1.54) is 12.1 Å². The van der Waals surface area contributed by atoms with E-state index in [0.29, 0.717) is 5.56 Å². The molecule has 1 aromatic carbocycles. The summed E-state index contributed by atoms with van der Waals surface area (Å²) in [6.45, 7) is 8.31. The van der Waals surface area contributed by atoms with Gasteiger partial charge in [0, 0.05) is 12.5 Å². The van der Waals surface area contributed by atoms with Gasteiger partial charge in [0.1, 0.15) is 0 Å². The lowest BCUT2D eigenvalue weighted by Gasteiger charge is -2.13. The molecule has 88 valence electrons. The van der Waals surface area contributed by atoms with Gasteiger partial charge in [0.05, 0.1) is 11.6 Å². The molecule has 1 rings (SSSR count). The largest absolute Gasteiger partial charge is 0.270 e. The molecule has 1 nitrogen and oxygen atoms in total. The molecule has 0 heterocycles. The van der Waals surface area contributed by atoms with Crippen LogP contribution in [0.5, 0.6) is 0 Å². The van der Waals surface area contributed by atoms with E-state index in [2.05, 4.69) is 0 Å².